The molecule has 1 aromatic heterocycles. The second kappa shape index (κ2) is 8.22. The molecule has 5 nitrogen and oxygen atoms in total. The van der Waals surface area contributed by atoms with Crippen LogP contribution in [0.3, 0.4) is 0 Å². The molecule has 1 unspecified atom stereocenters. The van der Waals surface area contributed by atoms with E-state index in [1.807, 2.05) is 13.0 Å². The van der Waals surface area contributed by atoms with E-state index in [9.17, 15) is 14.7 Å². The molecule has 0 aliphatic carbocycles. The number of ether oxygens (including phenoxy) is 1. The fraction of sp³-hybridized carbons (Fsp3) is 0.217. The molecule has 2 heterocycles. The third kappa shape index (κ3) is 3.86. The molecule has 1 amide bonds. The third-order valence-electron chi connectivity index (χ3n) is 5.07. The first-order valence-corrected chi connectivity index (χ1v) is 10.7. The standard InChI is InChI=1S/C23H20ClNO4S/c1-15-6-11-21(30-15)20(26)14-23(28)18-4-2-3-5-19(18)25(22(23)27)12-13-29-17-9-7-16(24)8-10-17/h2-11,28H,12-14H2,1H3. The molecule has 0 saturated heterocycles. The Labute approximate surface area is 183 Å². The summed E-state index contributed by atoms with van der Waals surface area (Å²) in [6.45, 7) is 2.39. The molecule has 7 heteroatoms. The lowest BCUT2D eigenvalue weighted by Gasteiger charge is -2.22. The van der Waals surface area contributed by atoms with Crippen LogP contribution in [0.2, 0.25) is 5.02 Å². The number of rotatable bonds is 7. The van der Waals surface area contributed by atoms with Gasteiger partial charge in [-0.15, -0.1) is 11.3 Å². The molecule has 1 N–H and O–H groups in total. The zero-order chi connectivity index (χ0) is 21.3. The number of hydrogen-bond donors (Lipinski definition) is 1. The van der Waals surface area contributed by atoms with Gasteiger partial charge in [0.25, 0.3) is 5.91 Å². The summed E-state index contributed by atoms with van der Waals surface area (Å²) in [5.41, 5.74) is -0.839. The number of anilines is 1. The minimum atomic E-state index is -1.88. The van der Waals surface area contributed by atoms with Gasteiger partial charge in [-0.3, -0.25) is 9.59 Å². The lowest BCUT2D eigenvalue weighted by Crippen LogP contribution is -2.43. The van der Waals surface area contributed by atoms with Crippen LogP contribution in [0.15, 0.2) is 60.7 Å². The maximum Gasteiger partial charge on any atom is 0.264 e. The van der Waals surface area contributed by atoms with Crippen LogP contribution >= 0.6 is 22.9 Å². The molecule has 0 bridgehead atoms. The van der Waals surface area contributed by atoms with Crippen LogP contribution < -0.4 is 9.64 Å². The SMILES string of the molecule is Cc1ccc(C(=O)CC2(O)C(=O)N(CCOc3ccc(Cl)cc3)c3ccccc32)s1. The molecule has 1 atom stereocenters. The number of ketones is 1. The van der Waals surface area contributed by atoms with Crippen molar-refractivity contribution in [2.75, 3.05) is 18.1 Å². The summed E-state index contributed by atoms with van der Waals surface area (Å²) in [4.78, 5) is 29.0. The van der Waals surface area contributed by atoms with Gasteiger partial charge >= 0.3 is 0 Å². The number of hydrogen-bond acceptors (Lipinski definition) is 5. The number of amides is 1. The molecule has 0 radical (unpaired) electrons. The quantitative estimate of drug-likeness (QED) is 0.544. The lowest BCUT2D eigenvalue weighted by molar-refractivity contribution is -0.135. The van der Waals surface area contributed by atoms with E-state index in [1.165, 1.54) is 16.2 Å². The molecule has 0 fully saturated rings. The Morgan fingerprint density at radius 3 is 2.57 bits per heavy atom. The number of aliphatic hydroxyl groups is 1. The van der Waals surface area contributed by atoms with Gasteiger partial charge in [0.2, 0.25) is 0 Å². The minimum Gasteiger partial charge on any atom is -0.492 e. The van der Waals surface area contributed by atoms with Gasteiger partial charge < -0.3 is 14.7 Å². The first-order chi connectivity index (χ1) is 14.4. The topological polar surface area (TPSA) is 66.8 Å². The number of nitrogens with zero attached hydrogens (tertiary/aromatic N) is 1. The highest BCUT2D eigenvalue weighted by molar-refractivity contribution is 7.14. The number of para-hydroxylation sites is 1. The molecule has 4 rings (SSSR count). The van der Waals surface area contributed by atoms with E-state index in [0.717, 1.165) is 4.88 Å². The van der Waals surface area contributed by atoms with Crippen molar-refractivity contribution in [2.24, 2.45) is 0 Å². The second-order valence-corrected chi connectivity index (χ2v) is 8.87. The summed E-state index contributed by atoms with van der Waals surface area (Å²) in [7, 11) is 0. The Morgan fingerprint density at radius 1 is 1.13 bits per heavy atom. The summed E-state index contributed by atoms with van der Waals surface area (Å²) in [6, 6.07) is 17.6. The highest BCUT2D eigenvalue weighted by atomic mass is 35.5. The summed E-state index contributed by atoms with van der Waals surface area (Å²) in [5, 5.41) is 11.9. The molecular weight excluding hydrogens is 422 g/mol. The zero-order valence-corrected chi connectivity index (χ0v) is 17.9. The molecular formula is C23H20ClNO4S. The van der Waals surface area contributed by atoms with E-state index >= 15 is 0 Å². The molecule has 0 spiro atoms. The summed E-state index contributed by atoms with van der Waals surface area (Å²) in [6.07, 6.45) is -0.294. The fourth-order valence-corrected chi connectivity index (χ4v) is 4.52. The molecule has 3 aromatic rings. The van der Waals surface area contributed by atoms with E-state index in [2.05, 4.69) is 0 Å². The Hall–Kier alpha value is -2.67. The van der Waals surface area contributed by atoms with Gasteiger partial charge in [-0.25, -0.2) is 0 Å². The number of carbonyl (C=O) groups is 2. The van der Waals surface area contributed by atoms with E-state index in [-0.39, 0.29) is 25.4 Å². The second-order valence-electron chi connectivity index (χ2n) is 7.15. The molecule has 0 saturated carbocycles. The van der Waals surface area contributed by atoms with Crippen molar-refractivity contribution < 1.29 is 19.4 Å². The Kier molecular flexibility index (Phi) is 5.64. The lowest BCUT2D eigenvalue weighted by atomic mass is 9.89. The average molecular weight is 442 g/mol. The summed E-state index contributed by atoms with van der Waals surface area (Å²) < 4.78 is 5.71. The molecule has 1 aliphatic heterocycles. The van der Waals surface area contributed by atoms with Crippen LogP contribution in [-0.4, -0.2) is 29.9 Å². The van der Waals surface area contributed by atoms with Gasteiger partial charge in [0, 0.05) is 15.5 Å². The molecule has 154 valence electrons. The van der Waals surface area contributed by atoms with E-state index in [4.69, 9.17) is 16.3 Å². The number of aryl methyl sites for hydroxylation is 1. The number of Topliss-reactive ketones (excluding diaryl/α,β-unsaturated/α-hetero) is 1. The highest BCUT2D eigenvalue weighted by Crippen LogP contribution is 2.43. The first-order valence-electron chi connectivity index (χ1n) is 9.50. The van der Waals surface area contributed by atoms with Gasteiger partial charge in [-0.1, -0.05) is 29.8 Å². The fourth-order valence-electron chi connectivity index (χ4n) is 3.59. The maximum absolute atomic E-state index is 13.2. The van der Waals surface area contributed by atoms with Crippen LogP contribution in [0.5, 0.6) is 5.75 Å². The van der Waals surface area contributed by atoms with Crippen LogP contribution in [0, 0.1) is 6.92 Å². The monoisotopic (exact) mass is 441 g/mol. The van der Waals surface area contributed by atoms with E-state index in [1.54, 1.807) is 54.6 Å². The predicted molar refractivity (Wildman–Crippen MR) is 118 cm³/mol. The molecule has 30 heavy (non-hydrogen) atoms. The van der Waals surface area contributed by atoms with Crippen LogP contribution in [0.4, 0.5) is 5.69 Å². The number of carbonyl (C=O) groups excluding carboxylic acids is 2. The van der Waals surface area contributed by atoms with Gasteiger partial charge in [0.1, 0.15) is 12.4 Å². The zero-order valence-electron chi connectivity index (χ0n) is 16.3. The van der Waals surface area contributed by atoms with Crippen molar-refractivity contribution >= 4 is 40.3 Å². The van der Waals surface area contributed by atoms with Crippen molar-refractivity contribution in [3.63, 3.8) is 0 Å². The van der Waals surface area contributed by atoms with Crippen molar-refractivity contribution in [1.82, 2.24) is 0 Å². The van der Waals surface area contributed by atoms with Crippen LogP contribution in [0.1, 0.15) is 26.5 Å². The largest absolute Gasteiger partial charge is 0.492 e. The maximum atomic E-state index is 13.2. The van der Waals surface area contributed by atoms with E-state index < -0.39 is 11.5 Å². The van der Waals surface area contributed by atoms with Gasteiger partial charge in [0.05, 0.1) is 23.5 Å². The predicted octanol–water partition coefficient (Wildman–Crippen LogP) is 4.60. The molecule has 2 aromatic carbocycles. The number of benzene rings is 2. The normalized spacial score (nSPS) is 17.8. The number of fused-ring (bicyclic) bond motifs is 1. The van der Waals surface area contributed by atoms with Gasteiger partial charge in [-0.2, -0.15) is 0 Å². The highest BCUT2D eigenvalue weighted by Gasteiger charge is 2.50. The third-order valence-corrected chi connectivity index (χ3v) is 6.36. The number of halogens is 1. The van der Waals surface area contributed by atoms with Crippen molar-refractivity contribution in [3.05, 3.63) is 81.0 Å². The van der Waals surface area contributed by atoms with Crippen molar-refractivity contribution in [3.8, 4) is 5.75 Å². The Balaban J connectivity index is 1.52. The molecule has 1 aliphatic rings. The Morgan fingerprint density at radius 2 is 1.87 bits per heavy atom. The van der Waals surface area contributed by atoms with Crippen LogP contribution in [0.25, 0.3) is 0 Å². The number of thiophene rings is 1. The van der Waals surface area contributed by atoms with Crippen molar-refractivity contribution in [1.29, 1.82) is 0 Å². The van der Waals surface area contributed by atoms with Crippen LogP contribution in [-0.2, 0) is 10.4 Å². The van der Waals surface area contributed by atoms with Gasteiger partial charge in [-0.05, 0) is 49.4 Å². The smallest absolute Gasteiger partial charge is 0.264 e. The minimum absolute atomic E-state index is 0.232. The first kappa shape index (κ1) is 20.6. The summed E-state index contributed by atoms with van der Waals surface area (Å²) >= 11 is 7.24. The Bertz CT molecular complexity index is 1090. The van der Waals surface area contributed by atoms with Crippen molar-refractivity contribution in [2.45, 2.75) is 18.9 Å². The summed E-state index contributed by atoms with van der Waals surface area (Å²) in [5.74, 6) is -0.124. The average Bonchev–Trinajstić information content (AvgIpc) is 3.26. The van der Waals surface area contributed by atoms with Gasteiger partial charge in [0.15, 0.2) is 11.4 Å². The van der Waals surface area contributed by atoms with E-state index in [0.29, 0.717) is 26.9 Å².